The van der Waals surface area contributed by atoms with Crippen molar-refractivity contribution >= 4 is 28.6 Å². The molecule has 2 saturated heterocycles. The minimum atomic E-state index is -0.189. The predicted octanol–water partition coefficient (Wildman–Crippen LogP) is 3.71. The van der Waals surface area contributed by atoms with Crippen molar-refractivity contribution in [2.75, 3.05) is 19.7 Å². The number of aromatic nitrogens is 4. The molecule has 7 nitrogen and oxygen atoms in total. The molecule has 2 fully saturated rings. The first kappa shape index (κ1) is 19.6. The summed E-state index contributed by atoms with van der Waals surface area (Å²) >= 11 is 1.50. The molecule has 0 bridgehead atoms. The van der Waals surface area contributed by atoms with Crippen molar-refractivity contribution in [3.8, 4) is 11.4 Å². The minimum absolute atomic E-state index is 0.161. The van der Waals surface area contributed by atoms with E-state index in [1.165, 1.54) is 11.8 Å². The zero-order valence-corrected chi connectivity index (χ0v) is 18.0. The summed E-state index contributed by atoms with van der Waals surface area (Å²) < 4.78 is 8.05. The van der Waals surface area contributed by atoms with E-state index in [1.807, 2.05) is 30.2 Å². The van der Waals surface area contributed by atoms with Crippen molar-refractivity contribution in [3.63, 3.8) is 0 Å². The molecule has 8 heteroatoms. The number of thioether (sulfide) groups is 1. The van der Waals surface area contributed by atoms with Crippen LogP contribution in [0.15, 0.2) is 35.6 Å². The van der Waals surface area contributed by atoms with E-state index in [0.717, 1.165) is 72.8 Å². The summed E-state index contributed by atoms with van der Waals surface area (Å²) in [5.74, 6) is 1.02. The lowest BCUT2D eigenvalue weighted by Crippen LogP contribution is -2.34. The Morgan fingerprint density at radius 2 is 2.10 bits per heavy atom. The Kier molecular flexibility index (Phi) is 5.52. The number of para-hydroxylation sites is 1. The van der Waals surface area contributed by atoms with Gasteiger partial charge in [0.25, 0.3) is 0 Å². The average molecular weight is 426 g/mol. The van der Waals surface area contributed by atoms with E-state index in [4.69, 9.17) is 4.74 Å². The second-order valence-corrected chi connectivity index (χ2v) is 9.40. The van der Waals surface area contributed by atoms with Gasteiger partial charge in [-0.2, -0.15) is 0 Å². The van der Waals surface area contributed by atoms with Crippen molar-refractivity contribution in [2.24, 2.45) is 0 Å². The molecule has 3 aromatic rings. The fraction of sp³-hybridized carbons (Fsp3) is 0.500. The molecule has 0 saturated carbocycles. The average Bonchev–Trinajstić information content (AvgIpc) is 3.56. The van der Waals surface area contributed by atoms with Crippen LogP contribution in [0.2, 0.25) is 0 Å². The molecule has 4 heterocycles. The molecule has 2 unspecified atom stereocenters. The predicted molar refractivity (Wildman–Crippen MR) is 117 cm³/mol. The molecule has 0 aliphatic carbocycles. The molecule has 2 aliphatic rings. The summed E-state index contributed by atoms with van der Waals surface area (Å²) in [7, 11) is 0. The number of rotatable bonds is 6. The van der Waals surface area contributed by atoms with Gasteiger partial charge >= 0.3 is 0 Å². The quantitative estimate of drug-likeness (QED) is 0.610. The lowest BCUT2D eigenvalue weighted by molar-refractivity contribution is -0.129. The third-order valence-corrected chi connectivity index (χ3v) is 7.07. The number of hydrogen-bond acceptors (Lipinski definition) is 5. The summed E-state index contributed by atoms with van der Waals surface area (Å²) in [6.07, 6.45) is 6.48. The van der Waals surface area contributed by atoms with Crippen LogP contribution in [-0.4, -0.2) is 61.6 Å². The molecule has 2 aliphatic heterocycles. The number of nitrogens with one attached hydrogen (secondary N) is 1. The number of ether oxygens (including phenoxy) is 1. The first-order valence-electron chi connectivity index (χ1n) is 10.8. The maximum atomic E-state index is 12.8. The van der Waals surface area contributed by atoms with Gasteiger partial charge in [0.2, 0.25) is 5.91 Å². The fourth-order valence-electron chi connectivity index (χ4n) is 4.39. The Morgan fingerprint density at radius 1 is 1.27 bits per heavy atom. The topological polar surface area (TPSA) is 76.0 Å². The Hall–Kier alpha value is -2.32. The highest BCUT2D eigenvalue weighted by atomic mass is 32.2. The zero-order chi connectivity index (χ0) is 20.5. The van der Waals surface area contributed by atoms with Crippen LogP contribution >= 0.6 is 11.8 Å². The monoisotopic (exact) mass is 425 g/mol. The molecular weight excluding hydrogens is 398 g/mol. The Labute approximate surface area is 180 Å². The maximum absolute atomic E-state index is 12.8. The third-order valence-electron chi connectivity index (χ3n) is 6.00. The minimum Gasteiger partial charge on any atom is -0.376 e. The molecule has 2 atom stereocenters. The van der Waals surface area contributed by atoms with E-state index in [-0.39, 0.29) is 17.3 Å². The Bertz CT molecular complexity index is 1030. The number of benzene rings is 1. The zero-order valence-electron chi connectivity index (χ0n) is 17.2. The van der Waals surface area contributed by atoms with E-state index in [1.54, 1.807) is 0 Å². The van der Waals surface area contributed by atoms with Crippen molar-refractivity contribution < 1.29 is 9.53 Å². The van der Waals surface area contributed by atoms with Gasteiger partial charge in [-0.1, -0.05) is 30.0 Å². The Morgan fingerprint density at radius 3 is 2.90 bits per heavy atom. The van der Waals surface area contributed by atoms with Crippen molar-refractivity contribution in [3.05, 3.63) is 30.5 Å². The SMILES string of the molecule is CC(Sc1nnc(-c2c[nH]c3ccccc23)n1CC1CCCO1)C(=O)N1CCCC1. The number of carbonyl (C=O) groups is 1. The number of hydrogen-bond donors (Lipinski definition) is 1. The van der Waals surface area contributed by atoms with Crippen LogP contribution in [0.3, 0.4) is 0 Å². The molecule has 0 spiro atoms. The van der Waals surface area contributed by atoms with E-state index in [2.05, 4.69) is 31.9 Å². The molecule has 0 radical (unpaired) electrons. The van der Waals surface area contributed by atoms with Crippen LogP contribution < -0.4 is 0 Å². The van der Waals surface area contributed by atoms with Gasteiger partial charge in [-0.05, 0) is 38.7 Å². The fourth-order valence-corrected chi connectivity index (χ4v) is 5.33. The van der Waals surface area contributed by atoms with Gasteiger partial charge in [-0.25, -0.2) is 0 Å². The van der Waals surface area contributed by atoms with Crippen LogP contribution in [0.25, 0.3) is 22.3 Å². The summed E-state index contributed by atoms with van der Waals surface area (Å²) in [5.41, 5.74) is 2.10. The van der Waals surface area contributed by atoms with Crippen LogP contribution in [0.5, 0.6) is 0 Å². The van der Waals surface area contributed by atoms with Gasteiger partial charge in [-0.15, -0.1) is 10.2 Å². The maximum Gasteiger partial charge on any atom is 0.235 e. The normalized spacial score (nSPS) is 20.3. The lowest BCUT2D eigenvalue weighted by atomic mass is 10.1. The van der Waals surface area contributed by atoms with Gasteiger partial charge in [-0.3, -0.25) is 9.36 Å². The highest BCUT2D eigenvalue weighted by Gasteiger charge is 2.28. The molecule has 2 aromatic heterocycles. The van der Waals surface area contributed by atoms with E-state index >= 15 is 0 Å². The highest BCUT2D eigenvalue weighted by molar-refractivity contribution is 8.00. The molecule has 1 aromatic carbocycles. The van der Waals surface area contributed by atoms with Gasteiger partial charge in [0.1, 0.15) is 0 Å². The van der Waals surface area contributed by atoms with Gasteiger partial charge in [0, 0.05) is 42.4 Å². The van der Waals surface area contributed by atoms with Gasteiger partial charge in [0.15, 0.2) is 11.0 Å². The summed E-state index contributed by atoms with van der Waals surface area (Å²) in [6, 6.07) is 8.21. The number of aromatic amines is 1. The number of amides is 1. The first-order valence-corrected chi connectivity index (χ1v) is 11.7. The van der Waals surface area contributed by atoms with Crippen LogP contribution in [0.4, 0.5) is 0 Å². The summed E-state index contributed by atoms with van der Waals surface area (Å²) in [6.45, 7) is 5.22. The van der Waals surface area contributed by atoms with Crippen LogP contribution in [0.1, 0.15) is 32.6 Å². The lowest BCUT2D eigenvalue weighted by Gasteiger charge is -2.20. The van der Waals surface area contributed by atoms with E-state index in [9.17, 15) is 4.79 Å². The molecule has 1 amide bonds. The number of fused-ring (bicyclic) bond motifs is 1. The molecular formula is C22H27N5O2S. The van der Waals surface area contributed by atoms with Gasteiger partial charge in [0.05, 0.1) is 17.9 Å². The molecule has 5 rings (SSSR count). The van der Waals surface area contributed by atoms with Crippen molar-refractivity contribution in [1.82, 2.24) is 24.6 Å². The number of carbonyl (C=O) groups excluding carboxylic acids is 1. The van der Waals surface area contributed by atoms with Crippen molar-refractivity contribution in [2.45, 2.75) is 55.7 Å². The van der Waals surface area contributed by atoms with Crippen molar-refractivity contribution in [1.29, 1.82) is 0 Å². The first-order chi connectivity index (χ1) is 14.7. The van der Waals surface area contributed by atoms with Gasteiger partial charge < -0.3 is 14.6 Å². The second-order valence-electron chi connectivity index (χ2n) is 8.09. The largest absolute Gasteiger partial charge is 0.376 e. The summed E-state index contributed by atoms with van der Waals surface area (Å²) in [4.78, 5) is 18.1. The van der Waals surface area contributed by atoms with E-state index < -0.39 is 0 Å². The summed E-state index contributed by atoms with van der Waals surface area (Å²) in [5, 5.41) is 10.8. The second kappa shape index (κ2) is 8.43. The van der Waals surface area contributed by atoms with Crippen LogP contribution in [0, 0.1) is 0 Å². The highest BCUT2D eigenvalue weighted by Crippen LogP contribution is 2.33. The molecule has 30 heavy (non-hydrogen) atoms. The van der Waals surface area contributed by atoms with Crippen LogP contribution in [-0.2, 0) is 16.1 Å². The standard InChI is InChI=1S/C22H27N5O2S/c1-15(21(28)26-10-4-5-11-26)30-22-25-24-20(27(22)14-16-7-6-12-29-16)18-13-23-19-9-3-2-8-17(18)19/h2-3,8-9,13,15-16,23H,4-7,10-12,14H2,1H3. The Balaban J connectivity index is 1.47. The smallest absolute Gasteiger partial charge is 0.235 e. The third kappa shape index (κ3) is 3.74. The number of likely N-dealkylation sites (tertiary alicyclic amines) is 1. The molecule has 1 N–H and O–H groups in total. The number of nitrogens with zero attached hydrogens (tertiary/aromatic N) is 4. The number of H-pyrrole nitrogens is 1. The molecule has 158 valence electrons. The van der Waals surface area contributed by atoms with E-state index in [0.29, 0.717) is 6.54 Å².